The number of benzene rings is 1. The molecule has 3 aliphatic heterocycles. The molecule has 2 N–H and O–H groups in total. The zero-order valence-electron chi connectivity index (χ0n) is 19.0. The number of nitrogens with zero attached hydrogens (tertiary/aromatic N) is 4. The third kappa shape index (κ3) is 4.31. The number of rotatable bonds is 6. The lowest BCUT2D eigenvalue weighted by Gasteiger charge is -2.38. The number of methoxy groups -OCH3 is 1. The van der Waals surface area contributed by atoms with E-state index in [1.165, 1.54) is 0 Å². The minimum atomic E-state index is -3.05. The van der Waals surface area contributed by atoms with E-state index in [4.69, 9.17) is 14.6 Å². The third-order valence-electron chi connectivity index (χ3n) is 6.77. The van der Waals surface area contributed by atoms with Crippen molar-refractivity contribution >= 4 is 16.5 Å². The fourth-order valence-electron chi connectivity index (χ4n) is 5.12. The maximum absolute atomic E-state index is 13.5. The molecule has 2 saturated heterocycles. The predicted molar refractivity (Wildman–Crippen MR) is 126 cm³/mol. The average molecular weight is 477 g/mol. The lowest BCUT2D eigenvalue weighted by molar-refractivity contribution is 0.0297. The van der Waals surface area contributed by atoms with Crippen molar-refractivity contribution < 1.29 is 23.4 Å². The fourth-order valence-corrected chi connectivity index (χ4v) is 6.76. The normalized spacial score (nSPS) is 23.2. The van der Waals surface area contributed by atoms with E-state index in [2.05, 4.69) is 4.90 Å². The minimum Gasteiger partial charge on any atom is -0.385 e. The number of likely N-dealkylation sites (tertiary alicyclic amines) is 1. The Morgan fingerprint density at radius 2 is 2.03 bits per heavy atom. The van der Waals surface area contributed by atoms with Crippen LogP contribution in [-0.4, -0.2) is 94.2 Å². The van der Waals surface area contributed by atoms with Crippen molar-refractivity contribution in [2.24, 2.45) is 0 Å². The van der Waals surface area contributed by atoms with Gasteiger partial charge in [-0.25, -0.2) is 0 Å². The molecule has 10 heteroatoms. The van der Waals surface area contributed by atoms with Crippen LogP contribution in [-0.2, 0) is 15.2 Å². The standard InChI is InChI=1S/C23H32N4O5S/c1-31-12-4-8-25-9-7-17(15-25)27-22-18-5-2-3-6-20(18)33(29,30)16-19(22)21(24-27)23(28)26-10-13-32-14-11-26/h2-3,5-6,17,29-30H,4,7-16H2,1H3. The van der Waals surface area contributed by atoms with Gasteiger partial charge in [0, 0.05) is 57.6 Å². The van der Waals surface area contributed by atoms with Crippen LogP contribution in [0.1, 0.15) is 34.9 Å². The first-order valence-electron chi connectivity index (χ1n) is 11.5. The van der Waals surface area contributed by atoms with E-state index in [0.717, 1.165) is 50.3 Å². The van der Waals surface area contributed by atoms with E-state index in [9.17, 15) is 13.9 Å². The van der Waals surface area contributed by atoms with Crippen molar-refractivity contribution in [2.75, 3.05) is 59.7 Å². The van der Waals surface area contributed by atoms with E-state index in [0.29, 0.717) is 42.5 Å². The first-order chi connectivity index (χ1) is 16.0. The molecule has 5 rings (SSSR count). The van der Waals surface area contributed by atoms with Crippen LogP contribution in [0.2, 0.25) is 0 Å². The zero-order valence-corrected chi connectivity index (χ0v) is 19.8. The van der Waals surface area contributed by atoms with Crippen LogP contribution in [0.3, 0.4) is 0 Å². The maximum Gasteiger partial charge on any atom is 0.274 e. The topological polar surface area (TPSA) is 100 Å². The summed E-state index contributed by atoms with van der Waals surface area (Å²) in [6, 6.07) is 7.54. The van der Waals surface area contributed by atoms with Gasteiger partial charge in [0.2, 0.25) is 0 Å². The number of morpholine rings is 1. The summed E-state index contributed by atoms with van der Waals surface area (Å²) in [5.41, 5.74) is 2.63. The fraction of sp³-hybridized carbons (Fsp3) is 0.565. The second-order valence-electron chi connectivity index (χ2n) is 8.92. The highest BCUT2D eigenvalue weighted by Gasteiger charge is 2.39. The largest absolute Gasteiger partial charge is 0.385 e. The highest BCUT2D eigenvalue weighted by molar-refractivity contribution is 8.23. The van der Waals surface area contributed by atoms with Gasteiger partial charge in [0.1, 0.15) is 0 Å². The minimum absolute atomic E-state index is 0.0229. The van der Waals surface area contributed by atoms with Crippen molar-refractivity contribution in [3.8, 4) is 11.3 Å². The molecular weight excluding hydrogens is 444 g/mol. The Hall–Kier alpha value is -1.95. The van der Waals surface area contributed by atoms with Gasteiger partial charge in [-0.05, 0) is 18.9 Å². The van der Waals surface area contributed by atoms with E-state index in [-0.39, 0.29) is 17.7 Å². The second-order valence-corrected chi connectivity index (χ2v) is 11.0. The Bertz CT molecular complexity index is 1020. The van der Waals surface area contributed by atoms with E-state index < -0.39 is 10.6 Å². The summed E-state index contributed by atoms with van der Waals surface area (Å²) < 4.78 is 34.5. The molecule has 4 heterocycles. The molecule has 180 valence electrons. The van der Waals surface area contributed by atoms with E-state index in [1.54, 1.807) is 18.1 Å². The van der Waals surface area contributed by atoms with Crippen LogP contribution < -0.4 is 0 Å². The lowest BCUT2D eigenvalue weighted by Crippen LogP contribution is -2.41. The summed E-state index contributed by atoms with van der Waals surface area (Å²) in [5.74, 6) is -0.132. The summed E-state index contributed by atoms with van der Waals surface area (Å²) in [4.78, 5) is 18.2. The van der Waals surface area contributed by atoms with Gasteiger partial charge in [0.15, 0.2) is 5.69 Å². The smallest absolute Gasteiger partial charge is 0.274 e. The number of carbonyl (C=O) groups is 1. The molecule has 2 fully saturated rings. The predicted octanol–water partition coefficient (Wildman–Crippen LogP) is 2.93. The summed E-state index contributed by atoms with van der Waals surface area (Å²) in [6.45, 7) is 5.56. The molecule has 0 radical (unpaired) electrons. The van der Waals surface area contributed by atoms with Gasteiger partial charge < -0.3 is 19.3 Å². The average Bonchev–Trinajstić information content (AvgIpc) is 3.44. The van der Waals surface area contributed by atoms with Gasteiger partial charge in [0.05, 0.1) is 35.6 Å². The molecule has 1 atom stereocenters. The number of hydrogen-bond donors (Lipinski definition) is 2. The summed E-state index contributed by atoms with van der Waals surface area (Å²) >= 11 is 0. The van der Waals surface area contributed by atoms with Crippen molar-refractivity contribution in [3.05, 3.63) is 35.5 Å². The summed E-state index contributed by atoms with van der Waals surface area (Å²) in [6.07, 6.45) is 1.91. The number of aromatic nitrogens is 2. The SMILES string of the molecule is COCCCN1CCC(n2nc(C(=O)N3CCOCC3)c3c2-c2ccccc2S(O)(O)C3)C1. The molecule has 0 saturated carbocycles. The van der Waals surface area contributed by atoms with E-state index >= 15 is 0 Å². The summed E-state index contributed by atoms with van der Waals surface area (Å²) in [5, 5.41) is 4.87. The lowest BCUT2D eigenvalue weighted by atomic mass is 10.0. The molecule has 0 spiro atoms. The van der Waals surface area contributed by atoms with Crippen LogP contribution in [0.5, 0.6) is 0 Å². The highest BCUT2D eigenvalue weighted by Crippen LogP contribution is 2.60. The van der Waals surface area contributed by atoms with E-state index in [1.807, 2.05) is 22.9 Å². The summed E-state index contributed by atoms with van der Waals surface area (Å²) in [7, 11) is -1.33. The molecule has 1 unspecified atom stereocenters. The molecule has 1 amide bonds. The van der Waals surface area contributed by atoms with Gasteiger partial charge in [-0.1, -0.05) is 18.2 Å². The molecule has 0 bridgehead atoms. The number of amides is 1. The monoisotopic (exact) mass is 476 g/mol. The molecule has 1 aromatic heterocycles. The molecule has 2 aromatic rings. The van der Waals surface area contributed by atoms with Gasteiger partial charge in [-0.2, -0.15) is 15.7 Å². The number of ether oxygens (including phenoxy) is 2. The van der Waals surface area contributed by atoms with Gasteiger partial charge >= 0.3 is 0 Å². The Morgan fingerprint density at radius 3 is 2.82 bits per heavy atom. The number of carbonyl (C=O) groups excluding carboxylic acids is 1. The van der Waals surface area contributed by atoms with Crippen LogP contribution in [0, 0.1) is 0 Å². The Kier molecular flexibility index (Phi) is 6.47. The third-order valence-corrected chi connectivity index (χ3v) is 8.52. The number of fused-ring (bicyclic) bond motifs is 3. The van der Waals surface area contributed by atoms with Gasteiger partial charge in [-0.3, -0.25) is 18.6 Å². The van der Waals surface area contributed by atoms with Crippen LogP contribution in [0.25, 0.3) is 11.3 Å². The van der Waals surface area contributed by atoms with Gasteiger partial charge in [-0.15, -0.1) is 0 Å². The molecule has 33 heavy (non-hydrogen) atoms. The number of hydrogen-bond acceptors (Lipinski definition) is 7. The zero-order chi connectivity index (χ0) is 23.0. The highest BCUT2D eigenvalue weighted by atomic mass is 32.3. The van der Waals surface area contributed by atoms with Crippen molar-refractivity contribution in [1.82, 2.24) is 19.6 Å². The maximum atomic E-state index is 13.5. The second kappa shape index (κ2) is 9.36. The molecule has 0 aliphatic carbocycles. The molecule has 1 aromatic carbocycles. The van der Waals surface area contributed by atoms with Crippen molar-refractivity contribution in [3.63, 3.8) is 0 Å². The Labute approximate surface area is 195 Å². The van der Waals surface area contributed by atoms with Gasteiger partial charge in [0.25, 0.3) is 5.91 Å². The first-order valence-corrected chi connectivity index (χ1v) is 13.3. The Balaban J connectivity index is 1.54. The van der Waals surface area contributed by atoms with Crippen molar-refractivity contribution in [1.29, 1.82) is 0 Å². The molecule has 3 aliphatic rings. The molecule has 9 nitrogen and oxygen atoms in total. The first kappa shape index (κ1) is 22.8. The van der Waals surface area contributed by atoms with Crippen LogP contribution >= 0.6 is 10.6 Å². The van der Waals surface area contributed by atoms with Crippen molar-refractivity contribution in [2.45, 2.75) is 29.5 Å². The Morgan fingerprint density at radius 1 is 1.24 bits per heavy atom. The molecular formula is C23H32N4O5S. The quantitative estimate of drug-likeness (QED) is 0.619. The van der Waals surface area contributed by atoms with Crippen LogP contribution in [0.15, 0.2) is 29.2 Å². The van der Waals surface area contributed by atoms with Crippen LogP contribution in [0.4, 0.5) is 0 Å².